The van der Waals surface area contributed by atoms with Gasteiger partial charge in [-0.15, -0.1) is 5.10 Å². The van der Waals surface area contributed by atoms with E-state index in [0.29, 0.717) is 48.9 Å². The van der Waals surface area contributed by atoms with Gasteiger partial charge >= 0.3 is 18.4 Å². The molecule has 3 amide bonds. The largest absolute Gasteiger partial charge is 0.497 e. The lowest BCUT2D eigenvalue weighted by atomic mass is 10.1. The second kappa shape index (κ2) is 16.9. The van der Waals surface area contributed by atoms with Gasteiger partial charge in [0.15, 0.2) is 5.82 Å². The number of rotatable bonds is 10. The van der Waals surface area contributed by atoms with Crippen LogP contribution in [-0.4, -0.2) is 92.3 Å². The van der Waals surface area contributed by atoms with Gasteiger partial charge in [-0.1, -0.05) is 36.7 Å². The van der Waals surface area contributed by atoms with E-state index >= 15 is 0 Å². The normalized spacial score (nSPS) is 15.0. The standard InChI is InChI=1S/C38H37ClF6N10O5/c1-3-29-31(51-12-14-52(15-13-51)36(58)49-33-26(38(43,44)45)19-46-54(33)20-22-4-7-25(59-2)8-5-22)34(57)55-35(48-32(50-55)23-10-16-60-17-11-23)53(29)21-30(56)47-28-9-6-24(18-27(28)39)37(40,41)42/h4-10,18-19H,3,11-17,20-21H2,1-2H3,(H,47,56)(H,49,58). The van der Waals surface area contributed by atoms with Crippen molar-refractivity contribution in [3.8, 4) is 5.75 Å². The molecule has 0 unspecified atom stereocenters. The number of amides is 3. The van der Waals surface area contributed by atoms with E-state index in [1.165, 1.54) is 16.6 Å². The van der Waals surface area contributed by atoms with Crippen LogP contribution in [0.25, 0.3) is 11.4 Å². The van der Waals surface area contributed by atoms with Crippen molar-refractivity contribution in [1.29, 1.82) is 0 Å². The Hall–Kier alpha value is -6.09. The molecule has 5 aromatic rings. The number of benzene rings is 2. The molecule has 0 aliphatic carbocycles. The van der Waals surface area contributed by atoms with Gasteiger partial charge in [-0.25, -0.2) is 9.48 Å². The van der Waals surface area contributed by atoms with Gasteiger partial charge in [-0.3, -0.25) is 14.9 Å². The number of nitrogens with one attached hydrogen (secondary N) is 2. The lowest BCUT2D eigenvalue weighted by molar-refractivity contribution is -0.138. The number of fused-ring (bicyclic) bond motifs is 1. The quantitative estimate of drug-likeness (QED) is 0.157. The van der Waals surface area contributed by atoms with Crippen LogP contribution in [0.1, 0.15) is 41.6 Å². The maximum Gasteiger partial charge on any atom is 0.421 e. The molecule has 0 saturated carbocycles. The number of aromatic nitrogens is 6. The average molecular weight is 863 g/mol. The molecule has 7 rings (SSSR count). The number of halogens is 7. The van der Waals surface area contributed by atoms with E-state index in [-0.39, 0.29) is 67.1 Å². The molecule has 0 atom stereocenters. The van der Waals surface area contributed by atoms with Crippen molar-refractivity contribution in [1.82, 2.24) is 33.8 Å². The van der Waals surface area contributed by atoms with E-state index in [9.17, 15) is 40.7 Å². The zero-order valence-electron chi connectivity index (χ0n) is 32.0. The Morgan fingerprint density at radius 2 is 1.72 bits per heavy atom. The highest BCUT2D eigenvalue weighted by Crippen LogP contribution is 2.36. The minimum Gasteiger partial charge on any atom is -0.497 e. The first kappa shape index (κ1) is 42.0. The average Bonchev–Trinajstić information content (AvgIpc) is 3.85. The molecule has 3 aromatic heterocycles. The molecule has 1 fully saturated rings. The number of ether oxygens (including phenoxy) is 2. The van der Waals surface area contributed by atoms with Crippen molar-refractivity contribution in [3.63, 3.8) is 0 Å². The summed E-state index contributed by atoms with van der Waals surface area (Å²) < 4.78 is 96.2. The fourth-order valence-electron chi connectivity index (χ4n) is 6.98. The molecule has 15 nitrogen and oxygen atoms in total. The molecule has 2 N–H and O–H groups in total. The number of urea groups is 1. The smallest absolute Gasteiger partial charge is 0.421 e. The molecular formula is C38H37ClF6N10O5. The van der Waals surface area contributed by atoms with Gasteiger partial charge in [0.05, 0.1) is 55.0 Å². The molecule has 0 bridgehead atoms. The van der Waals surface area contributed by atoms with Crippen LogP contribution >= 0.6 is 11.6 Å². The first-order valence-corrected chi connectivity index (χ1v) is 19.0. The molecule has 318 valence electrons. The fraction of sp³-hybridized carbons (Fsp3) is 0.368. The third-order valence-corrected chi connectivity index (χ3v) is 10.3. The Bertz CT molecular complexity index is 2510. The summed E-state index contributed by atoms with van der Waals surface area (Å²) in [6.07, 6.45) is -6.38. The number of methoxy groups -OCH3 is 1. The van der Waals surface area contributed by atoms with Crippen LogP contribution in [0.2, 0.25) is 5.02 Å². The van der Waals surface area contributed by atoms with Gasteiger partial charge in [0.1, 0.15) is 29.4 Å². The summed E-state index contributed by atoms with van der Waals surface area (Å²) in [4.78, 5) is 49.1. The van der Waals surface area contributed by atoms with Crippen molar-refractivity contribution < 1.29 is 45.4 Å². The van der Waals surface area contributed by atoms with Crippen LogP contribution < -0.4 is 25.8 Å². The molecule has 1 saturated heterocycles. The van der Waals surface area contributed by atoms with E-state index in [1.54, 1.807) is 42.2 Å². The Balaban J connectivity index is 1.15. The van der Waals surface area contributed by atoms with Crippen LogP contribution in [0.15, 0.2) is 59.5 Å². The van der Waals surface area contributed by atoms with E-state index < -0.39 is 53.3 Å². The maximum atomic E-state index is 14.3. The van der Waals surface area contributed by atoms with Crippen LogP contribution in [-0.2, 0) is 41.4 Å². The molecule has 22 heteroatoms. The number of nitrogens with zero attached hydrogens (tertiary/aromatic N) is 8. The van der Waals surface area contributed by atoms with E-state index in [4.69, 9.17) is 21.1 Å². The number of alkyl halides is 6. The van der Waals surface area contributed by atoms with E-state index in [1.807, 2.05) is 0 Å². The van der Waals surface area contributed by atoms with Gasteiger partial charge in [0.2, 0.25) is 11.7 Å². The van der Waals surface area contributed by atoms with Gasteiger partial charge in [0, 0.05) is 26.2 Å². The van der Waals surface area contributed by atoms with Gasteiger partial charge < -0.3 is 29.2 Å². The van der Waals surface area contributed by atoms with Crippen molar-refractivity contribution in [3.05, 3.63) is 98.3 Å². The lowest BCUT2D eigenvalue weighted by Crippen LogP contribution is -2.52. The number of carbonyl (C=O) groups is 2. The third-order valence-electron chi connectivity index (χ3n) is 10.0. The summed E-state index contributed by atoms with van der Waals surface area (Å²) in [6.45, 7) is 2.03. The second-order valence-electron chi connectivity index (χ2n) is 13.8. The van der Waals surface area contributed by atoms with Crippen molar-refractivity contribution in [2.24, 2.45) is 0 Å². The molecule has 0 radical (unpaired) electrons. The highest BCUT2D eigenvalue weighted by Gasteiger charge is 2.38. The highest BCUT2D eigenvalue weighted by atomic mass is 35.5. The maximum absolute atomic E-state index is 14.3. The number of hydrogen-bond acceptors (Lipinski definition) is 9. The SMILES string of the molecule is CCc1c(N2CCN(C(=O)Nc3c(C(F)(F)F)cnn3Cc3ccc(OC)cc3)CC2)c(=O)n2nc(C3=CCOCC3)nc2n1CC(=O)Nc1ccc(C(F)(F)F)cc1Cl. The summed E-state index contributed by atoms with van der Waals surface area (Å²) in [5.41, 5.74) is -0.908. The molecule has 2 aromatic carbocycles. The Labute approximate surface area is 342 Å². The molecule has 5 heterocycles. The second-order valence-corrected chi connectivity index (χ2v) is 14.2. The van der Waals surface area contributed by atoms with Crippen LogP contribution in [0.4, 0.5) is 48.3 Å². The lowest BCUT2D eigenvalue weighted by Gasteiger charge is -2.36. The number of hydrogen-bond donors (Lipinski definition) is 2. The van der Waals surface area contributed by atoms with Gasteiger partial charge in [-0.05, 0) is 54.3 Å². The Kier molecular flexibility index (Phi) is 11.8. The van der Waals surface area contributed by atoms with Crippen LogP contribution in [0, 0.1) is 0 Å². The predicted molar refractivity (Wildman–Crippen MR) is 207 cm³/mol. The minimum atomic E-state index is -4.82. The number of anilines is 3. The Morgan fingerprint density at radius 3 is 2.33 bits per heavy atom. The minimum absolute atomic E-state index is 0.0111. The van der Waals surface area contributed by atoms with Gasteiger partial charge in [0.25, 0.3) is 5.56 Å². The van der Waals surface area contributed by atoms with Crippen molar-refractivity contribution in [2.45, 2.75) is 45.2 Å². The van der Waals surface area contributed by atoms with E-state index in [2.05, 4.69) is 25.8 Å². The molecule has 2 aliphatic heterocycles. The van der Waals surface area contributed by atoms with Crippen molar-refractivity contribution in [2.75, 3.05) is 62.0 Å². The summed E-state index contributed by atoms with van der Waals surface area (Å²) in [6, 6.07) is 8.34. The topological polar surface area (TPSA) is 153 Å². The first-order chi connectivity index (χ1) is 28.5. The molecule has 60 heavy (non-hydrogen) atoms. The Morgan fingerprint density at radius 1 is 0.983 bits per heavy atom. The summed E-state index contributed by atoms with van der Waals surface area (Å²) in [5, 5.41) is 13.0. The van der Waals surface area contributed by atoms with Gasteiger partial charge in [-0.2, -0.15) is 40.9 Å². The summed E-state index contributed by atoms with van der Waals surface area (Å²) >= 11 is 6.12. The van der Waals surface area contributed by atoms with E-state index in [0.717, 1.165) is 26.9 Å². The number of piperazine rings is 1. The molecule has 0 spiro atoms. The van der Waals surface area contributed by atoms with Crippen LogP contribution in [0.3, 0.4) is 0 Å². The molecule has 2 aliphatic rings. The summed E-state index contributed by atoms with van der Waals surface area (Å²) in [5.74, 6) is -0.408. The monoisotopic (exact) mass is 862 g/mol. The zero-order chi connectivity index (χ0) is 42.9. The highest BCUT2D eigenvalue weighted by molar-refractivity contribution is 6.33. The fourth-order valence-corrected chi connectivity index (χ4v) is 7.21. The molecular weight excluding hydrogens is 826 g/mol. The van der Waals surface area contributed by atoms with Crippen molar-refractivity contribution >= 4 is 52.1 Å². The van der Waals surface area contributed by atoms with Crippen LogP contribution in [0.5, 0.6) is 5.75 Å². The third kappa shape index (κ3) is 8.76. The summed E-state index contributed by atoms with van der Waals surface area (Å²) in [7, 11) is 1.48. The predicted octanol–water partition coefficient (Wildman–Crippen LogP) is 6.19. The number of carbonyl (C=O) groups excluding carboxylic acids is 2. The first-order valence-electron chi connectivity index (χ1n) is 18.6. The zero-order valence-corrected chi connectivity index (χ0v) is 32.8.